The standard InChI is InChI=1S/C26H37N3O5/c1-6-11-27-22(31)18-19-24(33)29(12-8-13-30)21(26(19)14-17(4)25(18,5)34-26)23(32)28-20-15(2)9-7-10-16(20)3/h7,9-10,17-19,21,30H,6,8,11-14H2,1-5H3,(H,27,31)(H,28,32)/t17?,18-,19+,21?,25+,26?/m1/s1. The van der Waals surface area contributed by atoms with E-state index in [0.29, 0.717) is 19.4 Å². The van der Waals surface area contributed by atoms with Gasteiger partial charge in [0.1, 0.15) is 11.6 Å². The lowest BCUT2D eigenvalue weighted by Gasteiger charge is -2.36. The van der Waals surface area contributed by atoms with E-state index in [0.717, 1.165) is 23.2 Å². The number of benzene rings is 1. The molecular formula is C26H37N3O5. The van der Waals surface area contributed by atoms with E-state index in [4.69, 9.17) is 4.74 Å². The molecule has 8 nitrogen and oxygen atoms in total. The number of carbonyl (C=O) groups is 3. The molecule has 3 heterocycles. The number of hydrogen-bond acceptors (Lipinski definition) is 5. The average Bonchev–Trinajstić information content (AvgIpc) is 3.30. The van der Waals surface area contributed by atoms with Crippen LogP contribution in [0.5, 0.6) is 0 Å². The molecule has 6 atom stereocenters. The van der Waals surface area contributed by atoms with Gasteiger partial charge in [0.25, 0.3) is 0 Å². The molecule has 0 aliphatic carbocycles. The van der Waals surface area contributed by atoms with Crippen molar-refractivity contribution in [3.05, 3.63) is 29.3 Å². The molecule has 1 spiro atoms. The highest BCUT2D eigenvalue weighted by Crippen LogP contribution is 2.65. The van der Waals surface area contributed by atoms with E-state index in [1.165, 1.54) is 0 Å². The molecule has 3 amide bonds. The smallest absolute Gasteiger partial charge is 0.250 e. The molecule has 8 heteroatoms. The number of anilines is 1. The predicted octanol–water partition coefficient (Wildman–Crippen LogP) is 2.16. The van der Waals surface area contributed by atoms with Crippen LogP contribution in [0.1, 0.15) is 51.2 Å². The summed E-state index contributed by atoms with van der Waals surface area (Å²) in [5, 5.41) is 15.5. The Morgan fingerprint density at radius 2 is 1.91 bits per heavy atom. The summed E-state index contributed by atoms with van der Waals surface area (Å²) in [7, 11) is 0. The number of nitrogens with one attached hydrogen (secondary N) is 2. The van der Waals surface area contributed by atoms with Crippen molar-refractivity contribution in [2.45, 2.75) is 71.1 Å². The van der Waals surface area contributed by atoms with Crippen molar-refractivity contribution >= 4 is 23.4 Å². The Bertz CT molecular complexity index is 976. The number of likely N-dealkylation sites (tertiary alicyclic amines) is 1. The first-order chi connectivity index (χ1) is 16.1. The van der Waals surface area contributed by atoms with Crippen molar-refractivity contribution < 1.29 is 24.2 Å². The number of para-hydroxylation sites is 1. The van der Waals surface area contributed by atoms with Crippen LogP contribution in [0.4, 0.5) is 5.69 Å². The number of nitrogens with zero attached hydrogens (tertiary/aromatic N) is 1. The molecule has 3 N–H and O–H groups in total. The van der Waals surface area contributed by atoms with Gasteiger partial charge in [-0.25, -0.2) is 0 Å². The molecule has 2 bridgehead atoms. The van der Waals surface area contributed by atoms with Crippen LogP contribution in [-0.2, 0) is 19.1 Å². The van der Waals surface area contributed by atoms with Crippen molar-refractivity contribution in [3.63, 3.8) is 0 Å². The van der Waals surface area contributed by atoms with Crippen molar-refractivity contribution in [3.8, 4) is 0 Å². The normalized spacial score (nSPS) is 33.8. The minimum absolute atomic E-state index is 0.00205. The van der Waals surface area contributed by atoms with Gasteiger partial charge in [0, 0.05) is 25.4 Å². The van der Waals surface area contributed by atoms with Crippen LogP contribution in [0.15, 0.2) is 18.2 Å². The van der Waals surface area contributed by atoms with Crippen molar-refractivity contribution in [2.75, 3.05) is 25.0 Å². The maximum absolute atomic E-state index is 13.9. The highest BCUT2D eigenvalue weighted by Gasteiger charge is 2.79. The number of aryl methyl sites for hydroxylation is 2. The van der Waals surface area contributed by atoms with Gasteiger partial charge < -0.3 is 25.4 Å². The second-order valence-corrected chi connectivity index (χ2v) is 10.4. The van der Waals surface area contributed by atoms with Gasteiger partial charge in [-0.1, -0.05) is 32.0 Å². The average molecular weight is 472 g/mol. The second-order valence-electron chi connectivity index (χ2n) is 10.4. The van der Waals surface area contributed by atoms with Gasteiger partial charge in [-0.3, -0.25) is 14.4 Å². The molecular weight excluding hydrogens is 434 g/mol. The lowest BCUT2D eigenvalue weighted by Crippen LogP contribution is -2.54. The van der Waals surface area contributed by atoms with Gasteiger partial charge in [0.2, 0.25) is 17.7 Å². The Kier molecular flexibility index (Phi) is 6.50. The largest absolute Gasteiger partial charge is 0.396 e. The van der Waals surface area contributed by atoms with Crippen LogP contribution in [0.3, 0.4) is 0 Å². The maximum atomic E-state index is 13.9. The predicted molar refractivity (Wildman–Crippen MR) is 128 cm³/mol. The number of hydrogen-bond donors (Lipinski definition) is 3. The van der Waals surface area contributed by atoms with Gasteiger partial charge in [-0.15, -0.1) is 0 Å². The Morgan fingerprint density at radius 3 is 2.53 bits per heavy atom. The van der Waals surface area contributed by atoms with E-state index < -0.39 is 29.1 Å². The molecule has 186 valence electrons. The summed E-state index contributed by atoms with van der Waals surface area (Å²) in [5.41, 5.74) is 0.698. The molecule has 0 radical (unpaired) electrons. The lowest BCUT2D eigenvalue weighted by atomic mass is 9.62. The fourth-order valence-electron chi connectivity index (χ4n) is 6.48. The van der Waals surface area contributed by atoms with Crippen LogP contribution < -0.4 is 10.6 Å². The Hall–Kier alpha value is -2.45. The van der Waals surface area contributed by atoms with E-state index in [1.807, 2.05) is 52.8 Å². The van der Waals surface area contributed by atoms with Crippen LogP contribution in [-0.4, -0.2) is 64.7 Å². The Balaban J connectivity index is 1.75. The highest BCUT2D eigenvalue weighted by molar-refractivity contribution is 6.04. The summed E-state index contributed by atoms with van der Waals surface area (Å²) in [6.45, 7) is 10.5. The number of ether oxygens (including phenoxy) is 1. The first-order valence-electron chi connectivity index (χ1n) is 12.4. The van der Waals surface area contributed by atoms with Crippen LogP contribution >= 0.6 is 0 Å². The van der Waals surface area contributed by atoms with Crippen LogP contribution in [0.25, 0.3) is 0 Å². The lowest BCUT2D eigenvalue weighted by molar-refractivity contribution is -0.146. The van der Waals surface area contributed by atoms with Gasteiger partial charge in [0.05, 0.1) is 17.4 Å². The van der Waals surface area contributed by atoms with Crippen molar-refractivity contribution in [2.24, 2.45) is 17.8 Å². The Morgan fingerprint density at radius 1 is 1.24 bits per heavy atom. The number of carbonyl (C=O) groups excluding carboxylic acids is 3. The fraction of sp³-hybridized carbons (Fsp3) is 0.654. The van der Waals surface area contributed by atoms with Gasteiger partial charge in [-0.05, 0) is 57.1 Å². The van der Waals surface area contributed by atoms with Crippen LogP contribution in [0, 0.1) is 31.6 Å². The zero-order valence-corrected chi connectivity index (χ0v) is 20.8. The summed E-state index contributed by atoms with van der Waals surface area (Å²) in [6, 6.07) is 4.93. The number of rotatable bonds is 8. The van der Waals surface area contributed by atoms with E-state index in [2.05, 4.69) is 10.6 Å². The first-order valence-corrected chi connectivity index (χ1v) is 12.4. The monoisotopic (exact) mass is 471 g/mol. The van der Waals surface area contributed by atoms with Crippen molar-refractivity contribution in [1.82, 2.24) is 10.2 Å². The van der Waals surface area contributed by atoms with E-state index in [1.54, 1.807) is 4.90 Å². The SMILES string of the molecule is CCCNC(=O)[C@H]1[C@H]2C(=O)N(CCCO)C(C(=O)Nc3c(C)cccc3C)C23CC(C)[C@]1(C)O3. The van der Waals surface area contributed by atoms with E-state index >= 15 is 0 Å². The van der Waals surface area contributed by atoms with Crippen molar-refractivity contribution in [1.29, 1.82) is 0 Å². The first kappa shape index (κ1) is 24.7. The number of amides is 3. The molecule has 1 aromatic rings. The molecule has 0 saturated carbocycles. The minimum atomic E-state index is -1.07. The quantitative estimate of drug-likeness (QED) is 0.539. The molecule has 3 aliphatic heterocycles. The highest BCUT2D eigenvalue weighted by atomic mass is 16.5. The van der Waals surface area contributed by atoms with Gasteiger partial charge in [0.15, 0.2) is 0 Å². The van der Waals surface area contributed by atoms with E-state index in [-0.39, 0.29) is 36.8 Å². The summed E-state index contributed by atoms with van der Waals surface area (Å²) in [6.07, 6.45) is 1.66. The molecule has 3 aliphatic rings. The number of aliphatic hydroxyl groups excluding tert-OH is 1. The second kappa shape index (κ2) is 8.96. The molecule has 3 fully saturated rings. The maximum Gasteiger partial charge on any atom is 0.250 e. The summed E-state index contributed by atoms with van der Waals surface area (Å²) in [4.78, 5) is 42.5. The fourth-order valence-corrected chi connectivity index (χ4v) is 6.48. The topological polar surface area (TPSA) is 108 Å². The molecule has 34 heavy (non-hydrogen) atoms. The Labute approximate surface area is 201 Å². The molecule has 3 saturated heterocycles. The molecule has 1 aromatic carbocycles. The summed E-state index contributed by atoms with van der Waals surface area (Å²) >= 11 is 0. The number of aliphatic hydroxyl groups is 1. The van der Waals surface area contributed by atoms with Gasteiger partial charge in [-0.2, -0.15) is 0 Å². The van der Waals surface area contributed by atoms with Gasteiger partial charge >= 0.3 is 0 Å². The summed E-state index contributed by atoms with van der Waals surface area (Å²) < 4.78 is 6.66. The third kappa shape index (κ3) is 3.53. The third-order valence-electron chi connectivity index (χ3n) is 8.18. The zero-order chi connectivity index (χ0) is 24.8. The van der Waals surface area contributed by atoms with E-state index in [9.17, 15) is 19.5 Å². The third-order valence-corrected chi connectivity index (χ3v) is 8.18. The molecule has 4 rings (SSSR count). The zero-order valence-electron chi connectivity index (χ0n) is 20.8. The number of fused-ring (bicyclic) bond motifs is 1. The minimum Gasteiger partial charge on any atom is -0.396 e. The van der Waals surface area contributed by atoms with Crippen LogP contribution in [0.2, 0.25) is 0 Å². The summed E-state index contributed by atoms with van der Waals surface area (Å²) in [5.74, 6) is -2.11. The molecule has 3 unspecified atom stereocenters. The molecule has 0 aromatic heterocycles.